The molecule has 0 spiro atoms. The molecule has 0 heterocycles. The van der Waals surface area contributed by atoms with E-state index < -0.39 is 6.10 Å². The Morgan fingerprint density at radius 3 is 0.709 bits per heavy atom. The zero-order valence-electron chi connectivity index (χ0n) is 52.9. The molecule has 79 heavy (non-hydrogen) atoms. The van der Waals surface area contributed by atoms with Crippen LogP contribution in [0.1, 0.15) is 367 Å². The van der Waals surface area contributed by atoms with Crippen LogP contribution in [0.3, 0.4) is 0 Å². The minimum atomic E-state index is -0.772. The zero-order valence-corrected chi connectivity index (χ0v) is 52.9. The number of rotatable bonds is 64. The Kier molecular flexibility index (Phi) is 65.1. The van der Waals surface area contributed by atoms with Crippen molar-refractivity contribution in [1.82, 2.24) is 0 Å². The maximum atomic E-state index is 12.9. The van der Waals surface area contributed by atoms with Gasteiger partial charge in [-0.1, -0.05) is 319 Å². The van der Waals surface area contributed by atoms with E-state index in [9.17, 15) is 14.4 Å². The first kappa shape index (κ1) is 76.1. The molecule has 0 aliphatic heterocycles. The number of hydrogen-bond acceptors (Lipinski definition) is 6. The predicted octanol–water partition coefficient (Wildman–Crippen LogP) is 23.9. The maximum absolute atomic E-state index is 12.9. The van der Waals surface area contributed by atoms with Crippen molar-refractivity contribution in [1.29, 1.82) is 0 Å². The van der Waals surface area contributed by atoms with Gasteiger partial charge in [-0.15, -0.1) is 0 Å². The Balaban J connectivity index is 4.04. The van der Waals surface area contributed by atoms with Crippen LogP contribution in [0.2, 0.25) is 0 Å². The summed E-state index contributed by atoms with van der Waals surface area (Å²) < 4.78 is 16.9. The van der Waals surface area contributed by atoms with Gasteiger partial charge >= 0.3 is 17.9 Å². The number of allylic oxidation sites excluding steroid dienone is 10. The fourth-order valence-corrected chi connectivity index (χ4v) is 10.2. The summed E-state index contributed by atoms with van der Waals surface area (Å²) in [4.78, 5) is 38.2. The molecular formula is C73H132O6. The van der Waals surface area contributed by atoms with Gasteiger partial charge in [0.15, 0.2) is 6.10 Å². The van der Waals surface area contributed by atoms with Gasteiger partial charge in [0.2, 0.25) is 0 Å². The van der Waals surface area contributed by atoms with E-state index >= 15 is 0 Å². The Bertz CT molecular complexity index is 1410. The molecule has 6 nitrogen and oxygen atoms in total. The van der Waals surface area contributed by atoms with Crippen LogP contribution >= 0.6 is 0 Å². The minimum absolute atomic E-state index is 0.0711. The largest absolute Gasteiger partial charge is 0.462 e. The molecule has 0 rings (SSSR count). The molecule has 0 aromatic rings. The first-order valence-corrected chi connectivity index (χ1v) is 34.8. The van der Waals surface area contributed by atoms with Gasteiger partial charge in [0.25, 0.3) is 0 Å². The summed E-state index contributed by atoms with van der Waals surface area (Å²) in [5.74, 6) is -0.860. The quantitative estimate of drug-likeness (QED) is 0.0261. The Labute approximate surface area is 491 Å². The molecule has 0 bridgehead atoms. The SMILES string of the molecule is CCCCCCC/C=C\C/C=C\C/C=C\CCCCCCCCCCCCCCCCCCC(=O)OCC(COC(=O)CCCCCCCCC)OC(=O)CCCCCCCCCCCCC/C=C\C/C=C\CCCCCCC. The highest BCUT2D eigenvalue weighted by Crippen LogP contribution is 2.18. The van der Waals surface area contributed by atoms with E-state index in [0.29, 0.717) is 19.3 Å². The van der Waals surface area contributed by atoms with Crippen LogP contribution in [0.4, 0.5) is 0 Å². The monoisotopic (exact) mass is 1110 g/mol. The lowest BCUT2D eigenvalue weighted by Gasteiger charge is -2.18. The average Bonchev–Trinajstić information content (AvgIpc) is 3.45. The first-order chi connectivity index (χ1) is 39.0. The molecule has 0 N–H and O–H groups in total. The Morgan fingerprint density at radius 2 is 0.456 bits per heavy atom. The van der Waals surface area contributed by atoms with Gasteiger partial charge in [-0.2, -0.15) is 0 Å². The third-order valence-electron chi connectivity index (χ3n) is 15.5. The molecule has 1 atom stereocenters. The lowest BCUT2D eigenvalue weighted by molar-refractivity contribution is -0.167. The van der Waals surface area contributed by atoms with Crippen LogP contribution in [0.5, 0.6) is 0 Å². The Hall–Kier alpha value is -2.89. The van der Waals surface area contributed by atoms with Gasteiger partial charge in [0.1, 0.15) is 13.2 Å². The van der Waals surface area contributed by atoms with Crippen molar-refractivity contribution in [2.24, 2.45) is 0 Å². The van der Waals surface area contributed by atoms with E-state index in [1.807, 2.05) is 0 Å². The van der Waals surface area contributed by atoms with E-state index in [4.69, 9.17) is 14.2 Å². The molecule has 0 aromatic carbocycles. The summed E-state index contributed by atoms with van der Waals surface area (Å²) >= 11 is 0. The van der Waals surface area contributed by atoms with Crippen molar-refractivity contribution in [2.45, 2.75) is 374 Å². The highest BCUT2D eigenvalue weighted by Gasteiger charge is 2.19. The fraction of sp³-hybridized carbons (Fsp3) is 0.822. The van der Waals surface area contributed by atoms with Crippen LogP contribution in [-0.2, 0) is 28.6 Å². The molecule has 0 fully saturated rings. The second-order valence-electron chi connectivity index (χ2n) is 23.4. The van der Waals surface area contributed by atoms with E-state index in [-0.39, 0.29) is 31.1 Å². The molecule has 1 unspecified atom stereocenters. The highest BCUT2D eigenvalue weighted by atomic mass is 16.6. The zero-order chi connectivity index (χ0) is 57.1. The lowest BCUT2D eigenvalue weighted by atomic mass is 10.0. The number of hydrogen-bond donors (Lipinski definition) is 0. The van der Waals surface area contributed by atoms with Gasteiger partial charge in [0.05, 0.1) is 0 Å². The predicted molar refractivity (Wildman–Crippen MR) is 344 cm³/mol. The van der Waals surface area contributed by atoms with Gasteiger partial charge < -0.3 is 14.2 Å². The number of carbonyl (C=O) groups is 3. The minimum Gasteiger partial charge on any atom is -0.462 e. The van der Waals surface area contributed by atoms with Crippen LogP contribution in [-0.4, -0.2) is 37.2 Å². The third-order valence-corrected chi connectivity index (χ3v) is 15.5. The van der Waals surface area contributed by atoms with Crippen LogP contribution in [0.25, 0.3) is 0 Å². The second-order valence-corrected chi connectivity index (χ2v) is 23.4. The number of ether oxygens (including phenoxy) is 3. The summed E-state index contributed by atoms with van der Waals surface area (Å²) in [7, 11) is 0. The van der Waals surface area contributed by atoms with Gasteiger partial charge in [-0.05, 0) is 89.9 Å². The van der Waals surface area contributed by atoms with Crippen molar-refractivity contribution < 1.29 is 28.6 Å². The van der Waals surface area contributed by atoms with E-state index in [1.54, 1.807) is 0 Å². The topological polar surface area (TPSA) is 78.9 Å². The molecule has 6 heteroatoms. The molecular weight excluding hydrogens is 973 g/mol. The number of unbranched alkanes of at least 4 members (excludes halogenated alkanes) is 43. The van der Waals surface area contributed by atoms with Gasteiger partial charge in [-0.25, -0.2) is 0 Å². The normalized spacial score (nSPS) is 12.4. The molecule has 0 saturated carbocycles. The summed E-state index contributed by atoms with van der Waals surface area (Å²) in [6.07, 6.45) is 87.0. The molecule has 0 saturated heterocycles. The summed E-state index contributed by atoms with van der Waals surface area (Å²) in [5.41, 5.74) is 0. The number of carbonyl (C=O) groups excluding carboxylic acids is 3. The van der Waals surface area contributed by atoms with Crippen molar-refractivity contribution in [3.8, 4) is 0 Å². The molecule has 0 aromatic heterocycles. The van der Waals surface area contributed by atoms with Crippen molar-refractivity contribution >= 4 is 17.9 Å². The molecule has 0 radical (unpaired) electrons. The summed E-state index contributed by atoms with van der Waals surface area (Å²) in [6.45, 7) is 6.62. The van der Waals surface area contributed by atoms with Crippen LogP contribution in [0, 0.1) is 0 Å². The van der Waals surface area contributed by atoms with Gasteiger partial charge in [0, 0.05) is 19.3 Å². The molecule has 460 valence electrons. The lowest BCUT2D eigenvalue weighted by Crippen LogP contribution is -2.30. The number of esters is 3. The summed E-state index contributed by atoms with van der Waals surface area (Å²) in [6, 6.07) is 0. The van der Waals surface area contributed by atoms with Crippen molar-refractivity contribution in [2.75, 3.05) is 13.2 Å². The van der Waals surface area contributed by atoms with Crippen molar-refractivity contribution in [3.63, 3.8) is 0 Å². The van der Waals surface area contributed by atoms with Crippen molar-refractivity contribution in [3.05, 3.63) is 60.8 Å². The van der Waals surface area contributed by atoms with E-state index in [2.05, 4.69) is 81.5 Å². The molecule has 0 amide bonds. The highest BCUT2D eigenvalue weighted by molar-refractivity contribution is 5.71. The standard InChI is InChI=1S/C73H132O6/c1-4-7-10-13-16-18-20-22-24-26-28-30-32-33-34-35-36-37-38-39-41-42-44-46-48-50-52-54-57-60-63-66-72(75)78-69-70(68-77-71(74)65-62-59-56-15-12-9-6-3)79-73(76)67-64-61-58-55-53-51-49-47-45-43-40-31-29-27-25-23-21-19-17-14-11-8-5-2/h20-23,26-29,32-33,70H,4-19,24-25,30-31,34-69H2,1-3H3/b22-20-,23-21-,28-26-,29-27-,33-32-. The van der Waals surface area contributed by atoms with Crippen LogP contribution < -0.4 is 0 Å². The fourth-order valence-electron chi connectivity index (χ4n) is 10.2. The summed E-state index contributed by atoms with van der Waals surface area (Å²) in [5, 5.41) is 0. The second kappa shape index (κ2) is 67.6. The first-order valence-electron chi connectivity index (χ1n) is 34.8. The van der Waals surface area contributed by atoms with E-state index in [1.165, 1.54) is 250 Å². The molecule has 0 aliphatic rings. The average molecular weight is 1110 g/mol. The third kappa shape index (κ3) is 65.8. The van der Waals surface area contributed by atoms with Crippen LogP contribution in [0.15, 0.2) is 60.8 Å². The van der Waals surface area contributed by atoms with Gasteiger partial charge in [-0.3, -0.25) is 14.4 Å². The maximum Gasteiger partial charge on any atom is 0.306 e. The smallest absolute Gasteiger partial charge is 0.306 e. The Morgan fingerprint density at radius 1 is 0.253 bits per heavy atom. The molecule has 0 aliphatic carbocycles. The van der Waals surface area contributed by atoms with E-state index in [0.717, 1.165) is 77.0 Å².